The normalized spacial score (nSPS) is 26.2. The molecule has 0 radical (unpaired) electrons. The number of carbonyl (C=O) groups excluding carboxylic acids is 3. The van der Waals surface area contributed by atoms with Crippen molar-refractivity contribution in [3.8, 4) is 12.3 Å². The van der Waals surface area contributed by atoms with E-state index in [1.165, 1.54) is 0 Å². The molecule has 0 saturated heterocycles. The van der Waals surface area contributed by atoms with E-state index in [-0.39, 0.29) is 54.0 Å². The number of terminal acetylenes is 1. The molecule has 0 spiro atoms. The fraction of sp³-hybridized carbons (Fsp3) is 0.844. The lowest BCUT2D eigenvalue weighted by Crippen LogP contribution is -2.54. The van der Waals surface area contributed by atoms with Crippen molar-refractivity contribution < 1.29 is 24.6 Å². The summed E-state index contributed by atoms with van der Waals surface area (Å²) in [6.07, 6.45) is 11.7. The first-order valence-corrected chi connectivity index (χ1v) is 16.0. The van der Waals surface area contributed by atoms with E-state index < -0.39 is 18.1 Å². The molecule has 0 aromatic heterocycles. The second-order valence-electron chi connectivity index (χ2n) is 12.6. The molecule has 2 aliphatic rings. The number of nitrogens with one attached hydrogen (secondary N) is 2. The van der Waals surface area contributed by atoms with Crippen molar-refractivity contribution in [3.63, 3.8) is 0 Å². The summed E-state index contributed by atoms with van der Waals surface area (Å²) in [6.45, 7) is 11.7. The average Bonchev–Trinajstić information content (AvgIpc) is 2.96. The van der Waals surface area contributed by atoms with Crippen molar-refractivity contribution >= 4 is 17.7 Å². The van der Waals surface area contributed by atoms with Crippen LogP contribution in [-0.2, 0) is 14.4 Å². The summed E-state index contributed by atoms with van der Waals surface area (Å²) in [5.74, 6) is 1.84. The Morgan fingerprint density at radius 3 is 2.12 bits per heavy atom. The lowest BCUT2D eigenvalue weighted by molar-refractivity contribution is -0.139. The number of likely N-dealkylation sites (N-methyl/N-ethyl adjacent to an activating group) is 1. The zero-order chi connectivity index (χ0) is 30.5. The second-order valence-corrected chi connectivity index (χ2v) is 12.6. The number of aliphatic hydroxyl groups is 2. The maximum Gasteiger partial charge on any atom is 0.236 e. The van der Waals surface area contributed by atoms with Crippen molar-refractivity contribution in [1.29, 1.82) is 0 Å². The molecule has 2 fully saturated rings. The van der Waals surface area contributed by atoms with Crippen LogP contribution in [0.2, 0.25) is 0 Å². The molecule has 0 aromatic carbocycles. The second kappa shape index (κ2) is 17.7. The molecule has 0 aliphatic heterocycles. The lowest BCUT2D eigenvalue weighted by Gasteiger charge is -2.37. The van der Waals surface area contributed by atoms with E-state index in [4.69, 9.17) is 6.42 Å². The number of hydrogen-bond donors (Lipinski definition) is 4. The van der Waals surface area contributed by atoms with Crippen LogP contribution in [0.1, 0.15) is 98.8 Å². The van der Waals surface area contributed by atoms with Crippen LogP contribution in [-0.4, -0.2) is 82.3 Å². The molecule has 3 amide bonds. The van der Waals surface area contributed by atoms with Crippen molar-refractivity contribution in [2.24, 2.45) is 29.6 Å². The van der Waals surface area contributed by atoms with E-state index in [1.54, 1.807) is 5.01 Å². The third-order valence-corrected chi connectivity index (χ3v) is 8.74. The number of hydrogen-bond acceptors (Lipinski definition) is 6. The van der Waals surface area contributed by atoms with Gasteiger partial charge in [-0.1, -0.05) is 34.6 Å². The highest BCUT2D eigenvalue weighted by atomic mass is 16.3. The predicted octanol–water partition coefficient (Wildman–Crippen LogP) is 3.10. The number of rotatable bonds is 15. The Balaban J connectivity index is 2.18. The molecule has 41 heavy (non-hydrogen) atoms. The van der Waals surface area contributed by atoms with Gasteiger partial charge in [0.15, 0.2) is 0 Å². The molecular formula is C32H56N4O5. The van der Waals surface area contributed by atoms with Crippen LogP contribution in [0.25, 0.3) is 0 Å². The smallest absolute Gasteiger partial charge is 0.236 e. The Bertz CT molecular complexity index is 861. The SMILES string of the molecule is C#CC1CC(C(=O)NC(CC2CCC(O)CC2)C(O)CN(CC)NC(=O)C(C)C)CC(C(=O)N(CCC)CCC)C1. The molecule has 0 bridgehead atoms. The van der Waals surface area contributed by atoms with Crippen LogP contribution in [0, 0.1) is 41.9 Å². The minimum absolute atomic E-state index is 0.0864. The van der Waals surface area contributed by atoms with Gasteiger partial charge in [0.2, 0.25) is 17.7 Å². The number of hydrazine groups is 1. The molecule has 4 N–H and O–H groups in total. The summed E-state index contributed by atoms with van der Waals surface area (Å²) < 4.78 is 0. The number of aliphatic hydroxyl groups excluding tert-OH is 2. The average molecular weight is 577 g/mol. The fourth-order valence-corrected chi connectivity index (χ4v) is 6.25. The molecule has 5 unspecified atom stereocenters. The van der Waals surface area contributed by atoms with E-state index >= 15 is 0 Å². The van der Waals surface area contributed by atoms with Crippen LogP contribution >= 0.6 is 0 Å². The number of nitrogens with zero attached hydrogens (tertiary/aromatic N) is 2. The van der Waals surface area contributed by atoms with Crippen LogP contribution in [0.4, 0.5) is 0 Å². The van der Waals surface area contributed by atoms with Crippen molar-refractivity contribution in [3.05, 3.63) is 0 Å². The molecule has 9 nitrogen and oxygen atoms in total. The van der Waals surface area contributed by atoms with Gasteiger partial charge in [0.05, 0.1) is 18.2 Å². The minimum atomic E-state index is -0.910. The monoisotopic (exact) mass is 576 g/mol. The Hall–Kier alpha value is -2.15. The third kappa shape index (κ3) is 11.2. The van der Waals surface area contributed by atoms with Gasteiger partial charge in [0, 0.05) is 49.9 Å². The van der Waals surface area contributed by atoms with Gasteiger partial charge in [0.1, 0.15) is 0 Å². The number of amides is 3. The summed E-state index contributed by atoms with van der Waals surface area (Å²) in [6, 6.07) is -0.523. The lowest BCUT2D eigenvalue weighted by atomic mass is 9.74. The maximum absolute atomic E-state index is 13.7. The highest BCUT2D eigenvalue weighted by molar-refractivity contribution is 5.83. The van der Waals surface area contributed by atoms with Crippen molar-refractivity contribution in [2.45, 2.75) is 117 Å². The van der Waals surface area contributed by atoms with E-state index in [2.05, 4.69) is 30.5 Å². The van der Waals surface area contributed by atoms with Crippen LogP contribution in [0.3, 0.4) is 0 Å². The van der Waals surface area contributed by atoms with Gasteiger partial charge < -0.3 is 20.4 Å². The first-order valence-electron chi connectivity index (χ1n) is 16.0. The standard InChI is InChI=1S/C32H56N4O5/c1-7-15-35(16-8-2)32(41)26-18-23(9-3)17-25(20-26)31(40)33-28(19-24-11-13-27(37)14-12-24)29(38)21-36(10-4)34-30(39)22(5)6/h3,22-29,37-38H,7-8,10-21H2,1-2,4-6H3,(H,33,40)(H,34,39). The van der Waals surface area contributed by atoms with Crippen LogP contribution < -0.4 is 10.7 Å². The zero-order valence-corrected chi connectivity index (χ0v) is 26.1. The molecule has 5 atom stereocenters. The summed E-state index contributed by atoms with van der Waals surface area (Å²) in [5.41, 5.74) is 2.87. The van der Waals surface area contributed by atoms with Gasteiger partial charge in [-0.3, -0.25) is 19.8 Å². The molecule has 234 valence electrons. The van der Waals surface area contributed by atoms with Gasteiger partial charge in [-0.05, 0) is 70.1 Å². The topological polar surface area (TPSA) is 122 Å². The predicted molar refractivity (Wildman–Crippen MR) is 161 cm³/mol. The molecule has 0 aromatic rings. The van der Waals surface area contributed by atoms with E-state index in [1.807, 2.05) is 25.7 Å². The van der Waals surface area contributed by atoms with Gasteiger partial charge in [-0.25, -0.2) is 5.01 Å². The molecule has 2 saturated carbocycles. The molecule has 2 rings (SSSR count). The van der Waals surface area contributed by atoms with E-state index in [9.17, 15) is 24.6 Å². The largest absolute Gasteiger partial charge is 0.393 e. The fourth-order valence-electron chi connectivity index (χ4n) is 6.25. The summed E-state index contributed by atoms with van der Waals surface area (Å²) in [5, 5.41) is 26.2. The van der Waals surface area contributed by atoms with Crippen molar-refractivity contribution in [2.75, 3.05) is 26.2 Å². The summed E-state index contributed by atoms with van der Waals surface area (Å²) >= 11 is 0. The van der Waals surface area contributed by atoms with Gasteiger partial charge in [-0.15, -0.1) is 12.3 Å². The van der Waals surface area contributed by atoms with Gasteiger partial charge >= 0.3 is 0 Å². The summed E-state index contributed by atoms with van der Waals surface area (Å²) in [4.78, 5) is 41.4. The van der Waals surface area contributed by atoms with Crippen LogP contribution in [0.15, 0.2) is 0 Å². The van der Waals surface area contributed by atoms with Crippen molar-refractivity contribution in [1.82, 2.24) is 20.7 Å². The Morgan fingerprint density at radius 1 is 0.976 bits per heavy atom. The zero-order valence-electron chi connectivity index (χ0n) is 26.1. The molecule has 9 heteroatoms. The molecular weight excluding hydrogens is 520 g/mol. The maximum atomic E-state index is 13.7. The highest BCUT2D eigenvalue weighted by Gasteiger charge is 2.38. The Morgan fingerprint density at radius 2 is 1.59 bits per heavy atom. The van der Waals surface area contributed by atoms with E-state index in [0.717, 1.165) is 38.5 Å². The quantitative estimate of drug-likeness (QED) is 0.176. The van der Waals surface area contributed by atoms with Gasteiger partial charge in [-0.2, -0.15) is 0 Å². The molecule has 2 aliphatic carbocycles. The first kappa shape index (κ1) is 35.0. The van der Waals surface area contributed by atoms with Gasteiger partial charge in [0.25, 0.3) is 0 Å². The first-order chi connectivity index (χ1) is 19.5. The van der Waals surface area contributed by atoms with Crippen LogP contribution in [0.5, 0.6) is 0 Å². The highest BCUT2D eigenvalue weighted by Crippen LogP contribution is 2.35. The minimum Gasteiger partial charge on any atom is -0.393 e. The Kier molecular flexibility index (Phi) is 15.2. The third-order valence-electron chi connectivity index (χ3n) is 8.74. The van der Waals surface area contributed by atoms with E-state index in [0.29, 0.717) is 45.3 Å². The number of carbonyl (C=O) groups is 3. The summed E-state index contributed by atoms with van der Waals surface area (Å²) in [7, 11) is 0. The molecule has 0 heterocycles. The Labute approximate surface area is 248 Å².